The lowest BCUT2D eigenvalue weighted by atomic mass is 10.0. The van der Waals surface area contributed by atoms with Crippen LogP contribution < -0.4 is 10.6 Å². The molecule has 164 valence electrons. The van der Waals surface area contributed by atoms with Crippen molar-refractivity contribution in [1.29, 1.82) is 0 Å². The number of fused-ring (bicyclic) bond motifs is 2. The van der Waals surface area contributed by atoms with E-state index in [2.05, 4.69) is 31.7 Å². The Morgan fingerprint density at radius 2 is 1.79 bits per heavy atom. The zero-order valence-electron chi connectivity index (χ0n) is 17.4. The lowest BCUT2D eigenvalue weighted by Gasteiger charge is -2.12. The Bertz CT molecular complexity index is 1480. The van der Waals surface area contributed by atoms with E-state index in [1.54, 1.807) is 10.7 Å². The number of rotatable bonds is 6. The quantitative estimate of drug-likeness (QED) is 0.277. The Kier molecular flexibility index (Phi) is 5.98. The normalized spacial score (nSPS) is 11.1. The van der Waals surface area contributed by atoms with E-state index < -0.39 is 0 Å². The van der Waals surface area contributed by atoms with Gasteiger partial charge in [-0.25, -0.2) is 4.98 Å². The van der Waals surface area contributed by atoms with Gasteiger partial charge in [-0.2, -0.15) is 9.61 Å². The van der Waals surface area contributed by atoms with Gasteiger partial charge in [0.25, 0.3) is 5.91 Å². The van der Waals surface area contributed by atoms with Crippen molar-refractivity contribution in [3.63, 3.8) is 0 Å². The monoisotopic (exact) mass is 519 g/mol. The van der Waals surface area contributed by atoms with E-state index in [4.69, 9.17) is 16.6 Å². The van der Waals surface area contributed by atoms with Gasteiger partial charge >= 0.3 is 0 Å². The molecule has 0 fully saturated rings. The Balaban J connectivity index is 1.33. The number of aromatic nitrogens is 3. The fourth-order valence-corrected chi connectivity index (χ4v) is 4.33. The van der Waals surface area contributed by atoms with Crippen molar-refractivity contribution in [1.82, 2.24) is 19.9 Å². The molecular weight excluding hydrogens is 502 g/mol. The van der Waals surface area contributed by atoms with Crippen LogP contribution in [0.25, 0.3) is 27.7 Å². The van der Waals surface area contributed by atoms with Gasteiger partial charge in [-0.1, -0.05) is 66.2 Å². The zero-order valence-corrected chi connectivity index (χ0v) is 19.8. The van der Waals surface area contributed by atoms with Crippen LogP contribution in [0.1, 0.15) is 10.4 Å². The van der Waals surface area contributed by atoms with Gasteiger partial charge < -0.3 is 10.6 Å². The van der Waals surface area contributed by atoms with E-state index >= 15 is 0 Å². The molecule has 0 aliphatic heterocycles. The van der Waals surface area contributed by atoms with Crippen molar-refractivity contribution in [2.24, 2.45) is 0 Å². The summed E-state index contributed by atoms with van der Waals surface area (Å²) in [6.07, 6.45) is 1.70. The number of hydrogen-bond donors (Lipinski definition) is 2. The average molecular weight is 521 g/mol. The standard InChI is InChI=1S/C25H19BrClN5O/c26-20-15-30-32-23(14-22(31-24(20)32)19-9-3-4-11-21(19)27)28-12-13-29-25(33)18-10-5-7-16-6-1-2-8-17(16)18/h1-11,14-15,28H,12-13H2,(H,29,33). The van der Waals surface area contributed by atoms with Crippen molar-refractivity contribution in [2.45, 2.75) is 0 Å². The second-order valence-electron chi connectivity index (χ2n) is 7.44. The van der Waals surface area contributed by atoms with Gasteiger partial charge in [-0.05, 0) is 38.8 Å². The smallest absolute Gasteiger partial charge is 0.251 e. The molecule has 1 amide bonds. The van der Waals surface area contributed by atoms with Gasteiger partial charge in [0.2, 0.25) is 0 Å². The van der Waals surface area contributed by atoms with Gasteiger partial charge in [0, 0.05) is 35.3 Å². The SMILES string of the molecule is O=C(NCCNc1cc(-c2ccccc2Cl)nc2c(Br)cnn12)c1cccc2ccccc12. The molecule has 0 aliphatic carbocycles. The Morgan fingerprint density at radius 3 is 2.67 bits per heavy atom. The fraction of sp³-hybridized carbons (Fsp3) is 0.0800. The summed E-state index contributed by atoms with van der Waals surface area (Å²) in [5.41, 5.74) is 2.91. The predicted octanol–water partition coefficient (Wildman–Crippen LogP) is 5.81. The molecule has 8 heteroatoms. The van der Waals surface area contributed by atoms with E-state index in [0.29, 0.717) is 29.3 Å². The van der Waals surface area contributed by atoms with Crippen LogP contribution in [0.4, 0.5) is 5.82 Å². The molecule has 33 heavy (non-hydrogen) atoms. The first-order valence-corrected chi connectivity index (χ1v) is 11.6. The summed E-state index contributed by atoms with van der Waals surface area (Å²) in [5.74, 6) is 0.645. The molecule has 0 spiro atoms. The molecule has 0 saturated carbocycles. The number of carbonyl (C=O) groups is 1. The van der Waals surface area contributed by atoms with E-state index in [-0.39, 0.29) is 5.91 Å². The lowest BCUT2D eigenvalue weighted by Crippen LogP contribution is -2.29. The van der Waals surface area contributed by atoms with Crippen molar-refractivity contribution in [3.8, 4) is 11.3 Å². The topological polar surface area (TPSA) is 71.3 Å². The number of carbonyl (C=O) groups excluding carboxylic acids is 1. The summed E-state index contributed by atoms with van der Waals surface area (Å²) in [6, 6.07) is 23.1. The average Bonchev–Trinajstić information content (AvgIpc) is 3.22. The van der Waals surface area contributed by atoms with Crippen LogP contribution in [0.5, 0.6) is 0 Å². The number of halogens is 2. The summed E-state index contributed by atoms with van der Waals surface area (Å²) in [7, 11) is 0. The second-order valence-corrected chi connectivity index (χ2v) is 8.71. The highest BCUT2D eigenvalue weighted by Crippen LogP contribution is 2.30. The summed E-state index contributed by atoms with van der Waals surface area (Å²) in [6.45, 7) is 0.949. The molecule has 0 bridgehead atoms. The molecule has 0 radical (unpaired) electrons. The second kappa shape index (κ2) is 9.21. The first-order valence-electron chi connectivity index (χ1n) is 10.4. The maximum Gasteiger partial charge on any atom is 0.251 e. The lowest BCUT2D eigenvalue weighted by molar-refractivity contribution is 0.0957. The largest absolute Gasteiger partial charge is 0.368 e. The molecule has 2 aromatic heterocycles. The van der Waals surface area contributed by atoms with Crippen LogP contribution in [0.2, 0.25) is 5.02 Å². The number of amides is 1. The van der Waals surface area contributed by atoms with Gasteiger partial charge in [0.15, 0.2) is 5.65 Å². The highest BCUT2D eigenvalue weighted by molar-refractivity contribution is 9.10. The fourth-order valence-electron chi connectivity index (χ4n) is 3.75. The van der Waals surface area contributed by atoms with E-state index in [9.17, 15) is 4.79 Å². The van der Waals surface area contributed by atoms with E-state index in [0.717, 1.165) is 32.3 Å². The number of hydrogen-bond acceptors (Lipinski definition) is 4. The maximum absolute atomic E-state index is 12.8. The summed E-state index contributed by atoms with van der Waals surface area (Å²) in [5, 5.41) is 13.3. The molecule has 0 aliphatic rings. The van der Waals surface area contributed by atoms with Gasteiger partial charge in [0.05, 0.1) is 16.4 Å². The number of nitrogens with one attached hydrogen (secondary N) is 2. The van der Waals surface area contributed by atoms with Gasteiger partial charge in [0.1, 0.15) is 5.82 Å². The molecule has 0 saturated heterocycles. The Hall–Kier alpha value is -3.42. The van der Waals surface area contributed by atoms with Gasteiger partial charge in [-0.15, -0.1) is 0 Å². The molecular formula is C25H19BrClN5O. The Labute approximate surface area is 203 Å². The van der Waals surface area contributed by atoms with Gasteiger partial charge in [-0.3, -0.25) is 4.79 Å². The molecule has 0 atom stereocenters. The molecule has 2 N–H and O–H groups in total. The minimum absolute atomic E-state index is 0.105. The highest BCUT2D eigenvalue weighted by atomic mass is 79.9. The number of nitrogens with zero attached hydrogens (tertiary/aromatic N) is 3. The molecule has 5 aromatic rings. The maximum atomic E-state index is 12.8. The predicted molar refractivity (Wildman–Crippen MR) is 136 cm³/mol. The van der Waals surface area contributed by atoms with Crippen molar-refractivity contribution in [3.05, 3.63) is 94.1 Å². The molecule has 2 heterocycles. The Morgan fingerprint density at radius 1 is 1.00 bits per heavy atom. The first-order chi connectivity index (χ1) is 16.1. The van der Waals surface area contributed by atoms with Crippen LogP contribution in [-0.4, -0.2) is 33.6 Å². The first kappa shape index (κ1) is 21.4. The van der Waals surface area contributed by atoms with Crippen LogP contribution in [-0.2, 0) is 0 Å². The molecule has 6 nitrogen and oxygen atoms in total. The van der Waals surface area contributed by atoms with Crippen LogP contribution in [0, 0.1) is 0 Å². The number of anilines is 1. The minimum Gasteiger partial charge on any atom is -0.368 e. The highest BCUT2D eigenvalue weighted by Gasteiger charge is 2.13. The third-order valence-corrected chi connectivity index (χ3v) is 6.22. The van der Waals surface area contributed by atoms with Crippen molar-refractivity contribution >= 4 is 55.7 Å². The van der Waals surface area contributed by atoms with Crippen LogP contribution in [0.3, 0.4) is 0 Å². The third-order valence-electron chi connectivity index (χ3n) is 5.33. The van der Waals surface area contributed by atoms with Crippen LogP contribution in [0.15, 0.2) is 83.5 Å². The summed E-state index contributed by atoms with van der Waals surface area (Å²) < 4.78 is 2.50. The van der Waals surface area contributed by atoms with Crippen LogP contribution >= 0.6 is 27.5 Å². The van der Waals surface area contributed by atoms with E-state index in [1.807, 2.05) is 72.8 Å². The summed E-state index contributed by atoms with van der Waals surface area (Å²) >= 11 is 9.90. The minimum atomic E-state index is -0.105. The van der Waals surface area contributed by atoms with E-state index in [1.165, 1.54) is 0 Å². The summed E-state index contributed by atoms with van der Waals surface area (Å²) in [4.78, 5) is 17.5. The van der Waals surface area contributed by atoms with Crippen molar-refractivity contribution in [2.75, 3.05) is 18.4 Å². The molecule has 5 rings (SSSR count). The third kappa shape index (κ3) is 4.29. The molecule has 0 unspecified atom stereocenters. The number of benzene rings is 3. The molecule has 3 aromatic carbocycles. The van der Waals surface area contributed by atoms with Crippen molar-refractivity contribution < 1.29 is 4.79 Å². The zero-order chi connectivity index (χ0) is 22.8.